The van der Waals surface area contributed by atoms with Crippen molar-refractivity contribution in [3.05, 3.63) is 0 Å². The van der Waals surface area contributed by atoms with E-state index in [0.29, 0.717) is 6.04 Å². The summed E-state index contributed by atoms with van der Waals surface area (Å²) in [6.45, 7) is 2.33. The largest absolute Gasteiger partial charge is 0.368 e. The van der Waals surface area contributed by atoms with Gasteiger partial charge in [-0.25, -0.2) is 0 Å². The van der Waals surface area contributed by atoms with E-state index in [2.05, 4.69) is 10.6 Å². The summed E-state index contributed by atoms with van der Waals surface area (Å²) >= 11 is 0. The zero-order chi connectivity index (χ0) is 13.3. The molecule has 118 valence electrons. The predicted molar refractivity (Wildman–Crippen MR) is 83.3 cm³/mol. The number of carbonyl (C=O) groups excluding carboxylic acids is 1. The Balaban J connectivity index is 0.00000200. The smallest absolute Gasteiger partial charge is 0.249 e. The molecule has 1 amide bonds. The minimum atomic E-state index is -0.202. The Morgan fingerprint density at radius 1 is 0.950 bits per heavy atom. The second-order valence-electron chi connectivity index (χ2n) is 5.79. The lowest BCUT2D eigenvalue weighted by Gasteiger charge is -2.22. The molecule has 1 saturated carbocycles. The van der Waals surface area contributed by atoms with Gasteiger partial charge in [-0.05, 0) is 32.1 Å². The molecule has 2 N–H and O–H groups in total. The predicted octanol–water partition coefficient (Wildman–Crippen LogP) is 2.41. The van der Waals surface area contributed by atoms with Crippen molar-refractivity contribution in [2.24, 2.45) is 0 Å². The number of hydrogen-bond donors (Lipinski definition) is 2. The molecule has 0 aromatic carbocycles. The number of nitrogens with one attached hydrogen (secondary N) is 2. The maximum Gasteiger partial charge on any atom is 0.249 e. The molecule has 1 aliphatic carbocycles. The first-order valence-corrected chi connectivity index (χ1v) is 7.99. The minimum Gasteiger partial charge on any atom is -0.368 e. The van der Waals surface area contributed by atoms with Crippen molar-refractivity contribution in [1.29, 1.82) is 0 Å². The molecular weight excluding hydrogens is 276 g/mol. The first-order chi connectivity index (χ1) is 9.36. The van der Waals surface area contributed by atoms with Crippen LogP contribution in [0, 0.1) is 0 Å². The first-order valence-electron chi connectivity index (χ1n) is 7.99. The lowest BCUT2D eigenvalue weighted by atomic mass is 10.1. The van der Waals surface area contributed by atoms with Gasteiger partial charge in [0.1, 0.15) is 6.10 Å². The number of halogens is 1. The van der Waals surface area contributed by atoms with Gasteiger partial charge < -0.3 is 15.4 Å². The van der Waals surface area contributed by atoms with Gasteiger partial charge in [0, 0.05) is 25.7 Å². The van der Waals surface area contributed by atoms with Crippen LogP contribution in [-0.4, -0.2) is 37.7 Å². The summed E-state index contributed by atoms with van der Waals surface area (Å²) < 4.78 is 5.47. The van der Waals surface area contributed by atoms with Crippen molar-refractivity contribution < 1.29 is 9.53 Å². The van der Waals surface area contributed by atoms with Gasteiger partial charge in [0.2, 0.25) is 5.91 Å². The van der Waals surface area contributed by atoms with Crippen LogP contribution in [0.2, 0.25) is 0 Å². The Morgan fingerprint density at radius 2 is 1.65 bits per heavy atom. The average molecular weight is 305 g/mol. The van der Waals surface area contributed by atoms with Crippen molar-refractivity contribution in [2.75, 3.05) is 19.7 Å². The SMILES string of the molecule is Cl.O=C(NCCNC1CCCCCC1)C1CCCCO1. The molecule has 4 nitrogen and oxygen atoms in total. The highest BCUT2D eigenvalue weighted by molar-refractivity contribution is 5.85. The van der Waals surface area contributed by atoms with Gasteiger partial charge in [-0.1, -0.05) is 25.7 Å². The van der Waals surface area contributed by atoms with Gasteiger partial charge in [0.25, 0.3) is 0 Å². The Kier molecular flexibility index (Phi) is 9.23. The van der Waals surface area contributed by atoms with Crippen molar-refractivity contribution in [3.63, 3.8) is 0 Å². The van der Waals surface area contributed by atoms with E-state index in [1.54, 1.807) is 0 Å². The third-order valence-corrected chi connectivity index (χ3v) is 4.18. The van der Waals surface area contributed by atoms with E-state index in [9.17, 15) is 4.79 Å². The molecule has 1 saturated heterocycles. The van der Waals surface area contributed by atoms with Crippen molar-refractivity contribution in [2.45, 2.75) is 69.9 Å². The summed E-state index contributed by atoms with van der Waals surface area (Å²) in [7, 11) is 0. The lowest BCUT2D eigenvalue weighted by Crippen LogP contribution is -2.42. The summed E-state index contributed by atoms with van der Waals surface area (Å²) in [6.07, 6.45) is 10.9. The second-order valence-corrected chi connectivity index (χ2v) is 5.79. The highest BCUT2D eigenvalue weighted by atomic mass is 35.5. The second kappa shape index (κ2) is 10.4. The van der Waals surface area contributed by atoms with E-state index >= 15 is 0 Å². The van der Waals surface area contributed by atoms with Crippen molar-refractivity contribution in [3.8, 4) is 0 Å². The summed E-state index contributed by atoms with van der Waals surface area (Å²) in [5.41, 5.74) is 0. The molecule has 20 heavy (non-hydrogen) atoms. The molecule has 0 aromatic heterocycles. The quantitative estimate of drug-likeness (QED) is 0.606. The molecule has 1 unspecified atom stereocenters. The molecule has 0 aromatic rings. The maximum absolute atomic E-state index is 11.8. The third kappa shape index (κ3) is 6.42. The van der Waals surface area contributed by atoms with Crippen LogP contribution in [-0.2, 0) is 9.53 Å². The summed E-state index contributed by atoms with van der Waals surface area (Å²) in [5.74, 6) is 0.0716. The normalized spacial score (nSPS) is 24.5. The first kappa shape index (κ1) is 17.7. The highest BCUT2D eigenvalue weighted by Gasteiger charge is 2.21. The minimum absolute atomic E-state index is 0. The molecule has 1 atom stereocenters. The van der Waals surface area contributed by atoms with Crippen LogP contribution in [0.1, 0.15) is 57.8 Å². The van der Waals surface area contributed by atoms with Crippen LogP contribution < -0.4 is 10.6 Å². The Labute approximate surface area is 128 Å². The zero-order valence-corrected chi connectivity index (χ0v) is 13.2. The highest BCUT2D eigenvalue weighted by Crippen LogP contribution is 2.16. The van der Waals surface area contributed by atoms with Gasteiger partial charge in [0.15, 0.2) is 0 Å². The Hall–Kier alpha value is -0.320. The van der Waals surface area contributed by atoms with Crippen molar-refractivity contribution in [1.82, 2.24) is 10.6 Å². The Bertz CT molecular complexity index is 263. The number of hydrogen-bond acceptors (Lipinski definition) is 3. The van der Waals surface area contributed by atoms with Crippen LogP contribution in [0.15, 0.2) is 0 Å². The van der Waals surface area contributed by atoms with Gasteiger partial charge in [-0.15, -0.1) is 12.4 Å². The summed E-state index contributed by atoms with van der Waals surface area (Å²) in [4.78, 5) is 11.8. The fraction of sp³-hybridized carbons (Fsp3) is 0.933. The molecule has 0 spiro atoms. The molecule has 0 radical (unpaired) electrons. The van der Waals surface area contributed by atoms with Crippen LogP contribution in [0.5, 0.6) is 0 Å². The Morgan fingerprint density at radius 3 is 2.30 bits per heavy atom. The van der Waals surface area contributed by atoms with Crippen LogP contribution in [0.25, 0.3) is 0 Å². The van der Waals surface area contributed by atoms with E-state index in [0.717, 1.165) is 39.0 Å². The third-order valence-electron chi connectivity index (χ3n) is 4.18. The fourth-order valence-corrected chi connectivity index (χ4v) is 3.01. The monoisotopic (exact) mass is 304 g/mol. The van der Waals surface area contributed by atoms with E-state index in [1.165, 1.54) is 38.5 Å². The van der Waals surface area contributed by atoms with Crippen LogP contribution >= 0.6 is 12.4 Å². The molecule has 5 heteroatoms. The lowest BCUT2D eigenvalue weighted by molar-refractivity contribution is -0.135. The standard InChI is InChI=1S/C15H28N2O2.ClH/c18-15(14-9-5-6-12-19-14)17-11-10-16-13-7-3-1-2-4-8-13;/h13-14,16H,1-12H2,(H,17,18);1H. The summed E-state index contributed by atoms with van der Waals surface area (Å²) in [5, 5.41) is 6.55. The van der Waals surface area contributed by atoms with E-state index in [1.807, 2.05) is 0 Å². The number of amides is 1. The van der Waals surface area contributed by atoms with E-state index in [4.69, 9.17) is 4.74 Å². The molecule has 1 heterocycles. The molecule has 2 rings (SSSR count). The average Bonchev–Trinajstić information content (AvgIpc) is 2.73. The zero-order valence-electron chi connectivity index (χ0n) is 12.4. The molecular formula is C15H29ClN2O2. The maximum atomic E-state index is 11.8. The number of carbonyl (C=O) groups is 1. The van der Waals surface area contributed by atoms with Crippen molar-refractivity contribution >= 4 is 18.3 Å². The van der Waals surface area contributed by atoms with E-state index < -0.39 is 0 Å². The molecule has 0 bridgehead atoms. The molecule has 1 aliphatic heterocycles. The van der Waals surface area contributed by atoms with Gasteiger partial charge in [-0.3, -0.25) is 4.79 Å². The fourth-order valence-electron chi connectivity index (χ4n) is 3.01. The number of ether oxygens (including phenoxy) is 1. The topological polar surface area (TPSA) is 50.4 Å². The summed E-state index contributed by atoms with van der Waals surface area (Å²) in [6, 6.07) is 0.658. The van der Waals surface area contributed by atoms with E-state index in [-0.39, 0.29) is 24.4 Å². The van der Waals surface area contributed by atoms with Gasteiger partial charge >= 0.3 is 0 Å². The van der Waals surface area contributed by atoms with Gasteiger partial charge in [-0.2, -0.15) is 0 Å². The van der Waals surface area contributed by atoms with Crippen LogP contribution in [0.3, 0.4) is 0 Å². The van der Waals surface area contributed by atoms with Gasteiger partial charge in [0.05, 0.1) is 0 Å². The molecule has 2 fully saturated rings. The molecule has 2 aliphatic rings. The number of rotatable bonds is 5. The van der Waals surface area contributed by atoms with Crippen LogP contribution in [0.4, 0.5) is 0 Å².